The average molecular weight is 348 g/mol. The number of hydrogen-bond donors (Lipinski definition) is 2. The molecule has 0 aliphatic carbocycles. The van der Waals surface area contributed by atoms with Crippen LogP contribution in [0.25, 0.3) is 0 Å². The summed E-state index contributed by atoms with van der Waals surface area (Å²) in [6.07, 6.45) is 0.151. The molecule has 0 spiro atoms. The fourth-order valence-electron chi connectivity index (χ4n) is 1.98. The molecule has 1 aromatic rings. The van der Waals surface area contributed by atoms with E-state index in [1.165, 1.54) is 11.0 Å². The third-order valence-corrected chi connectivity index (χ3v) is 4.39. The molecule has 5 nitrogen and oxygen atoms in total. The van der Waals surface area contributed by atoms with Crippen LogP contribution in [0.3, 0.4) is 0 Å². The number of primary amides is 1. The van der Waals surface area contributed by atoms with E-state index in [1.807, 2.05) is 0 Å². The topological polar surface area (TPSA) is 83.6 Å². The number of rotatable bonds is 2. The van der Waals surface area contributed by atoms with Crippen LogP contribution in [-0.4, -0.2) is 40.5 Å². The minimum atomic E-state index is -1.63. The molecule has 1 aromatic carbocycles. The van der Waals surface area contributed by atoms with E-state index >= 15 is 0 Å². The molecule has 19 heavy (non-hydrogen) atoms. The molecule has 0 saturated carbocycles. The Bertz CT molecular complexity index is 552. The Hall–Kier alpha value is -1.11. The molecule has 3 N–H and O–H groups in total. The number of halogens is 2. The second-order valence-corrected chi connectivity index (χ2v) is 5.76. The molecular weight excluding hydrogens is 336 g/mol. The molecule has 0 unspecified atom stereocenters. The fourth-order valence-corrected chi connectivity index (χ4v) is 2.41. The first-order chi connectivity index (χ1) is 8.83. The van der Waals surface area contributed by atoms with Crippen molar-refractivity contribution >= 4 is 39.3 Å². The van der Waals surface area contributed by atoms with Crippen LogP contribution >= 0.6 is 27.5 Å². The summed E-state index contributed by atoms with van der Waals surface area (Å²) >= 11 is 9.17. The van der Waals surface area contributed by atoms with Crippen LogP contribution in [0.5, 0.6) is 0 Å². The van der Waals surface area contributed by atoms with Gasteiger partial charge in [0.05, 0.1) is 11.6 Å². The number of aliphatic hydroxyl groups is 1. The Balaban J connectivity index is 2.18. The van der Waals surface area contributed by atoms with Crippen molar-refractivity contribution in [3.63, 3.8) is 0 Å². The van der Waals surface area contributed by atoms with Crippen molar-refractivity contribution in [2.75, 3.05) is 13.1 Å². The summed E-state index contributed by atoms with van der Waals surface area (Å²) in [6.45, 7) is 0.195. The van der Waals surface area contributed by atoms with Gasteiger partial charge in [0, 0.05) is 23.0 Å². The number of hydrogen-bond acceptors (Lipinski definition) is 3. The van der Waals surface area contributed by atoms with Gasteiger partial charge in [-0.15, -0.1) is 0 Å². The number of nitrogens with two attached hydrogens (primary N) is 1. The van der Waals surface area contributed by atoms with Gasteiger partial charge in [0.25, 0.3) is 11.8 Å². The zero-order valence-electron chi connectivity index (χ0n) is 9.90. The number of β-amino-alcohol motifs (C(OH)–C–C–N with tert-alkyl or cyclic N) is 1. The summed E-state index contributed by atoms with van der Waals surface area (Å²) in [5.41, 5.74) is 3.90. The molecular formula is C12H12BrClN2O3. The molecule has 2 rings (SSSR count). The quantitative estimate of drug-likeness (QED) is 0.842. The Kier molecular flexibility index (Phi) is 3.85. The highest BCUT2D eigenvalue weighted by atomic mass is 79.9. The van der Waals surface area contributed by atoms with E-state index < -0.39 is 11.5 Å². The minimum Gasteiger partial charge on any atom is -0.378 e. The zero-order valence-corrected chi connectivity index (χ0v) is 12.2. The highest BCUT2D eigenvalue weighted by Gasteiger charge is 2.43. The SMILES string of the molecule is NC(=O)[C@@]1(O)CCN(C(=O)c2ccc(Br)c(Cl)c2)C1. The van der Waals surface area contributed by atoms with Crippen LogP contribution in [-0.2, 0) is 4.79 Å². The number of carbonyl (C=O) groups is 2. The monoisotopic (exact) mass is 346 g/mol. The summed E-state index contributed by atoms with van der Waals surface area (Å²) in [5, 5.41) is 10.4. The van der Waals surface area contributed by atoms with Gasteiger partial charge >= 0.3 is 0 Å². The number of amides is 2. The lowest BCUT2D eigenvalue weighted by Gasteiger charge is -2.20. The molecule has 102 valence electrons. The molecule has 1 aliphatic heterocycles. The minimum absolute atomic E-state index is 0.0884. The van der Waals surface area contributed by atoms with Gasteiger partial charge in [0.15, 0.2) is 5.60 Å². The summed E-state index contributed by atoms with van der Waals surface area (Å²) < 4.78 is 0.695. The van der Waals surface area contributed by atoms with Gasteiger partial charge < -0.3 is 15.7 Å². The van der Waals surface area contributed by atoms with Crippen molar-refractivity contribution in [1.29, 1.82) is 0 Å². The third-order valence-electron chi connectivity index (χ3n) is 3.16. The van der Waals surface area contributed by atoms with Crippen LogP contribution in [0.4, 0.5) is 0 Å². The third kappa shape index (κ3) is 2.75. The van der Waals surface area contributed by atoms with Crippen molar-refractivity contribution in [2.24, 2.45) is 5.73 Å². The van der Waals surface area contributed by atoms with Gasteiger partial charge in [-0.2, -0.15) is 0 Å². The Morgan fingerprint density at radius 3 is 2.68 bits per heavy atom. The van der Waals surface area contributed by atoms with E-state index in [0.29, 0.717) is 15.1 Å². The van der Waals surface area contributed by atoms with Crippen molar-refractivity contribution in [1.82, 2.24) is 4.90 Å². The first kappa shape index (κ1) is 14.3. The molecule has 0 aromatic heterocycles. The Morgan fingerprint density at radius 1 is 1.47 bits per heavy atom. The standard InChI is InChI=1S/C12H12BrClN2O3/c13-8-2-1-7(5-9(8)14)10(17)16-4-3-12(19,6-16)11(15)18/h1-2,5,19H,3-4,6H2,(H2,15,18)/t12-/m1/s1. The first-order valence-electron chi connectivity index (χ1n) is 5.60. The van der Waals surface area contributed by atoms with E-state index in [-0.39, 0.29) is 25.4 Å². The second-order valence-electron chi connectivity index (χ2n) is 4.50. The maximum atomic E-state index is 12.2. The molecule has 1 aliphatic rings. The lowest BCUT2D eigenvalue weighted by Crippen LogP contribution is -2.46. The molecule has 2 amide bonds. The Morgan fingerprint density at radius 2 is 2.16 bits per heavy atom. The van der Waals surface area contributed by atoms with Gasteiger partial charge in [-0.25, -0.2) is 0 Å². The molecule has 1 atom stereocenters. The number of likely N-dealkylation sites (tertiary alicyclic amines) is 1. The predicted octanol–water partition coefficient (Wildman–Crippen LogP) is 1.16. The largest absolute Gasteiger partial charge is 0.378 e. The molecule has 1 fully saturated rings. The lowest BCUT2D eigenvalue weighted by atomic mass is 10.0. The zero-order chi connectivity index (χ0) is 14.2. The van der Waals surface area contributed by atoms with Crippen molar-refractivity contribution in [3.8, 4) is 0 Å². The second kappa shape index (κ2) is 5.11. The van der Waals surface area contributed by atoms with E-state index in [1.54, 1.807) is 12.1 Å². The fraction of sp³-hybridized carbons (Fsp3) is 0.333. The smallest absolute Gasteiger partial charge is 0.254 e. The van der Waals surface area contributed by atoms with Gasteiger partial charge in [0.2, 0.25) is 0 Å². The van der Waals surface area contributed by atoms with Gasteiger partial charge in [-0.1, -0.05) is 11.6 Å². The predicted molar refractivity (Wildman–Crippen MR) is 73.8 cm³/mol. The number of nitrogens with zero attached hydrogens (tertiary/aromatic N) is 1. The maximum Gasteiger partial charge on any atom is 0.254 e. The van der Waals surface area contributed by atoms with E-state index in [4.69, 9.17) is 17.3 Å². The molecule has 0 radical (unpaired) electrons. The molecule has 7 heteroatoms. The molecule has 1 heterocycles. The van der Waals surface area contributed by atoms with Crippen LogP contribution in [0.15, 0.2) is 22.7 Å². The molecule has 1 saturated heterocycles. The van der Waals surface area contributed by atoms with E-state index in [9.17, 15) is 14.7 Å². The van der Waals surface area contributed by atoms with Crippen LogP contribution in [0.1, 0.15) is 16.8 Å². The van der Waals surface area contributed by atoms with Gasteiger partial charge in [0.1, 0.15) is 0 Å². The highest BCUT2D eigenvalue weighted by molar-refractivity contribution is 9.10. The van der Waals surface area contributed by atoms with Crippen LogP contribution in [0.2, 0.25) is 5.02 Å². The summed E-state index contributed by atoms with van der Waals surface area (Å²) in [5.74, 6) is -1.09. The number of carbonyl (C=O) groups excluding carboxylic acids is 2. The summed E-state index contributed by atoms with van der Waals surface area (Å²) in [4.78, 5) is 24.7. The van der Waals surface area contributed by atoms with Crippen molar-refractivity contribution < 1.29 is 14.7 Å². The van der Waals surface area contributed by atoms with E-state index in [2.05, 4.69) is 15.9 Å². The normalized spacial score (nSPS) is 22.6. The van der Waals surface area contributed by atoms with E-state index in [0.717, 1.165) is 0 Å². The lowest BCUT2D eigenvalue weighted by molar-refractivity contribution is -0.134. The average Bonchev–Trinajstić information content (AvgIpc) is 2.76. The van der Waals surface area contributed by atoms with Gasteiger partial charge in [-0.3, -0.25) is 9.59 Å². The van der Waals surface area contributed by atoms with Crippen LogP contribution < -0.4 is 5.73 Å². The maximum absolute atomic E-state index is 12.2. The van der Waals surface area contributed by atoms with Crippen molar-refractivity contribution in [2.45, 2.75) is 12.0 Å². The summed E-state index contributed by atoms with van der Waals surface area (Å²) in [6, 6.07) is 4.83. The summed E-state index contributed by atoms with van der Waals surface area (Å²) in [7, 11) is 0. The number of benzene rings is 1. The van der Waals surface area contributed by atoms with Crippen LogP contribution in [0, 0.1) is 0 Å². The molecule has 0 bridgehead atoms. The van der Waals surface area contributed by atoms with Crippen molar-refractivity contribution in [3.05, 3.63) is 33.3 Å². The first-order valence-corrected chi connectivity index (χ1v) is 6.77. The van der Waals surface area contributed by atoms with Gasteiger partial charge in [-0.05, 0) is 34.1 Å². The Labute approximate surface area is 123 Å². The highest BCUT2D eigenvalue weighted by Crippen LogP contribution is 2.26.